The van der Waals surface area contributed by atoms with E-state index in [2.05, 4.69) is 14.0 Å². The van der Waals surface area contributed by atoms with Gasteiger partial charge in [-0.25, -0.2) is 4.79 Å². The summed E-state index contributed by atoms with van der Waals surface area (Å²) in [6.45, 7) is 6.83. The van der Waals surface area contributed by atoms with Gasteiger partial charge in [-0.3, -0.25) is 4.90 Å². The van der Waals surface area contributed by atoms with Gasteiger partial charge < -0.3 is 9.59 Å². The zero-order valence-electron chi connectivity index (χ0n) is 15.6. The summed E-state index contributed by atoms with van der Waals surface area (Å²) in [4.78, 5) is 12.5. The number of rotatable bonds is 12. The van der Waals surface area contributed by atoms with Gasteiger partial charge in [-0.1, -0.05) is 64.7 Å². The molecule has 1 heterocycles. The van der Waals surface area contributed by atoms with Gasteiger partial charge >= 0.3 is 6.09 Å². The number of likely N-dealkylation sites (N-methyl/N-ethyl adjacent to an activating group) is 1. The molecule has 0 aromatic carbocycles. The molecule has 1 amide bonds. The number of unbranched alkanes of at least 4 members (excludes halogenated alkanes) is 10. The van der Waals surface area contributed by atoms with Crippen LogP contribution in [0.25, 0.3) is 0 Å². The molecule has 0 unspecified atom stereocenters. The number of carboxylic acid groups (broad SMARTS) is 1. The first kappa shape index (κ1) is 20.3. The van der Waals surface area contributed by atoms with E-state index < -0.39 is 6.09 Å². The van der Waals surface area contributed by atoms with E-state index in [1.165, 1.54) is 77.2 Å². The fourth-order valence-electron chi connectivity index (χ4n) is 3.52. The summed E-state index contributed by atoms with van der Waals surface area (Å²) in [5.41, 5.74) is 0. The minimum Gasteiger partial charge on any atom is -0.465 e. The highest BCUT2D eigenvalue weighted by Crippen LogP contribution is 2.15. The van der Waals surface area contributed by atoms with Crippen LogP contribution in [-0.2, 0) is 0 Å². The first-order valence-corrected chi connectivity index (χ1v) is 9.89. The van der Waals surface area contributed by atoms with Crippen molar-refractivity contribution in [1.82, 2.24) is 4.90 Å². The summed E-state index contributed by atoms with van der Waals surface area (Å²) in [5.74, 6) is 0. The van der Waals surface area contributed by atoms with Crippen LogP contribution in [0.4, 0.5) is 4.79 Å². The molecule has 1 saturated heterocycles. The first-order valence-electron chi connectivity index (χ1n) is 9.89. The summed E-state index contributed by atoms with van der Waals surface area (Å²) < 4.78 is 1.06. The van der Waals surface area contributed by atoms with Crippen LogP contribution in [0.15, 0.2) is 0 Å². The Bertz CT molecular complexity index is 312. The van der Waals surface area contributed by atoms with Gasteiger partial charge in [0.1, 0.15) is 0 Å². The SMILES string of the molecule is CCCCCCCCCCCCC[N+]1(C)CCN(C(=O)O)CC1. The summed E-state index contributed by atoms with van der Waals surface area (Å²) in [6, 6.07) is 0. The van der Waals surface area contributed by atoms with Crippen LogP contribution in [0.5, 0.6) is 0 Å². The summed E-state index contributed by atoms with van der Waals surface area (Å²) in [6.07, 6.45) is 14.5. The van der Waals surface area contributed by atoms with Crippen molar-refractivity contribution < 1.29 is 14.4 Å². The Morgan fingerprint density at radius 2 is 1.30 bits per heavy atom. The lowest BCUT2D eigenvalue weighted by Crippen LogP contribution is -2.58. The van der Waals surface area contributed by atoms with Gasteiger partial charge in [0.15, 0.2) is 0 Å². The molecule has 1 aliphatic heterocycles. The predicted octanol–water partition coefficient (Wildman–Crippen LogP) is 4.74. The molecule has 0 aromatic rings. The second-order valence-corrected chi connectivity index (χ2v) is 7.60. The lowest BCUT2D eigenvalue weighted by molar-refractivity contribution is -0.913. The Hall–Kier alpha value is -0.770. The highest BCUT2D eigenvalue weighted by atomic mass is 16.4. The molecule has 0 radical (unpaired) electrons. The van der Waals surface area contributed by atoms with Crippen molar-refractivity contribution in [2.75, 3.05) is 39.8 Å². The van der Waals surface area contributed by atoms with Crippen molar-refractivity contribution in [3.8, 4) is 0 Å². The van der Waals surface area contributed by atoms with Crippen molar-refractivity contribution in [2.45, 2.75) is 77.6 Å². The standard InChI is InChI=1S/C19H38N2O2/c1-3-4-5-6-7-8-9-10-11-12-13-16-21(2)17-14-20(15-18-21)19(22)23/h3-18H2,1-2H3/p+1. The number of hydrogen-bond acceptors (Lipinski definition) is 1. The van der Waals surface area contributed by atoms with Gasteiger partial charge in [-0.15, -0.1) is 0 Å². The maximum atomic E-state index is 10.9. The number of hydrogen-bond donors (Lipinski definition) is 1. The molecule has 4 heteroatoms. The number of nitrogens with zero attached hydrogens (tertiary/aromatic N) is 2. The molecule has 0 saturated carbocycles. The van der Waals surface area contributed by atoms with E-state index in [9.17, 15) is 4.79 Å². The average molecular weight is 328 g/mol. The molecule has 23 heavy (non-hydrogen) atoms. The van der Waals surface area contributed by atoms with Crippen LogP contribution in [-0.4, -0.2) is 60.4 Å². The van der Waals surface area contributed by atoms with Crippen LogP contribution in [0.2, 0.25) is 0 Å². The number of piperazine rings is 1. The Labute approximate surface area is 143 Å². The average Bonchev–Trinajstić information content (AvgIpc) is 2.53. The van der Waals surface area contributed by atoms with E-state index in [1.807, 2.05) is 0 Å². The second-order valence-electron chi connectivity index (χ2n) is 7.60. The Morgan fingerprint density at radius 3 is 1.74 bits per heavy atom. The molecule has 0 bridgehead atoms. The Morgan fingerprint density at radius 1 is 0.870 bits per heavy atom. The topological polar surface area (TPSA) is 40.5 Å². The van der Waals surface area contributed by atoms with Gasteiger partial charge in [-0.2, -0.15) is 0 Å². The molecular formula is C19H39N2O2+. The van der Waals surface area contributed by atoms with Gasteiger partial charge in [0.25, 0.3) is 0 Å². The van der Waals surface area contributed by atoms with Gasteiger partial charge in [0, 0.05) is 0 Å². The van der Waals surface area contributed by atoms with E-state index in [1.54, 1.807) is 4.90 Å². The van der Waals surface area contributed by atoms with Crippen molar-refractivity contribution in [2.24, 2.45) is 0 Å². The lowest BCUT2D eigenvalue weighted by atomic mass is 10.1. The third kappa shape index (κ3) is 9.19. The first-order chi connectivity index (χ1) is 11.1. The van der Waals surface area contributed by atoms with E-state index in [0.29, 0.717) is 13.1 Å². The smallest absolute Gasteiger partial charge is 0.407 e. The molecule has 0 aromatic heterocycles. The van der Waals surface area contributed by atoms with Crippen molar-refractivity contribution in [3.05, 3.63) is 0 Å². The van der Waals surface area contributed by atoms with Gasteiger partial charge in [0.2, 0.25) is 0 Å². The third-order valence-corrected chi connectivity index (χ3v) is 5.39. The zero-order valence-corrected chi connectivity index (χ0v) is 15.6. The summed E-state index contributed by atoms with van der Waals surface area (Å²) >= 11 is 0. The molecule has 1 fully saturated rings. The number of quaternary nitrogens is 1. The molecule has 0 spiro atoms. The van der Waals surface area contributed by atoms with Crippen LogP contribution in [0.3, 0.4) is 0 Å². The van der Waals surface area contributed by atoms with Crippen LogP contribution in [0, 0.1) is 0 Å². The maximum Gasteiger partial charge on any atom is 0.407 e. The van der Waals surface area contributed by atoms with Crippen molar-refractivity contribution in [3.63, 3.8) is 0 Å². The summed E-state index contributed by atoms with van der Waals surface area (Å²) in [7, 11) is 2.29. The monoisotopic (exact) mass is 327 g/mol. The zero-order chi connectivity index (χ0) is 17.0. The molecule has 1 rings (SSSR count). The Balaban J connectivity index is 1.92. The van der Waals surface area contributed by atoms with Crippen LogP contribution in [0.1, 0.15) is 77.6 Å². The van der Waals surface area contributed by atoms with E-state index in [4.69, 9.17) is 5.11 Å². The van der Waals surface area contributed by atoms with E-state index in [0.717, 1.165) is 17.6 Å². The fourth-order valence-corrected chi connectivity index (χ4v) is 3.52. The number of carbonyl (C=O) groups is 1. The summed E-state index contributed by atoms with van der Waals surface area (Å²) in [5, 5.41) is 9.00. The second kappa shape index (κ2) is 11.7. The Kier molecular flexibility index (Phi) is 10.3. The molecule has 0 aliphatic carbocycles. The van der Waals surface area contributed by atoms with Gasteiger partial charge in [-0.05, 0) is 12.8 Å². The molecule has 0 atom stereocenters. The minimum absolute atomic E-state index is 0.698. The predicted molar refractivity (Wildman–Crippen MR) is 96.8 cm³/mol. The van der Waals surface area contributed by atoms with E-state index in [-0.39, 0.29) is 0 Å². The van der Waals surface area contributed by atoms with Crippen molar-refractivity contribution in [1.29, 1.82) is 0 Å². The van der Waals surface area contributed by atoms with Gasteiger partial charge in [0.05, 0.1) is 39.8 Å². The molecular weight excluding hydrogens is 288 g/mol. The normalized spacial score (nSPS) is 17.4. The fraction of sp³-hybridized carbons (Fsp3) is 0.947. The van der Waals surface area contributed by atoms with E-state index >= 15 is 0 Å². The highest BCUT2D eigenvalue weighted by Gasteiger charge is 2.30. The highest BCUT2D eigenvalue weighted by molar-refractivity contribution is 5.64. The molecule has 1 N–H and O–H groups in total. The lowest BCUT2D eigenvalue weighted by Gasteiger charge is -2.41. The maximum absolute atomic E-state index is 10.9. The molecule has 1 aliphatic rings. The molecule has 136 valence electrons. The molecule has 4 nitrogen and oxygen atoms in total. The van der Waals surface area contributed by atoms with Crippen LogP contribution < -0.4 is 0 Å². The van der Waals surface area contributed by atoms with Crippen molar-refractivity contribution >= 4 is 6.09 Å². The van der Waals surface area contributed by atoms with Crippen LogP contribution >= 0.6 is 0 Å². The minimum atomic E-state index is -0.758. The quantitative estimate of drug-likeness (QED) is 0.415. The largest absolute Gasteiger partial charge is 0.465 e. The third-order valence-electron chi connectivity index (χ3n) is 5.39. The number of amides is 1.